The van der Waals surface area contributed by atoms with Gasteiger partial charge in [0.25, 0.3) is 5.56 Å². The molecule has 1 aliphatic rings. The van der Waals surface area contributed by atoms with Crippen molar-refractivity contribution in [2.24, 2.45) is 5.92 Å². The molecule has 2 heterocycles. The Kier molecular flexibility index (Phi) is 3.84. The summed E-state index contributed by atoms with van der Waals surface area (Å²) < 4.78 is 7.52. The summed E-state index contributed by atoms with van der Waals surface area (Å²) in [6, 6.07) is 0. The molecule has 7 heteroatoms. The first kappa shape index (κ1) is 14.3. The highest BCUT2D eigenvalue weighted by Gasteiger charge is 2.23. The molecule has 2 aromatic heterocycles. The first-order valence-electron chi connectivity index (χ1n) is 6.97. The molecule has 0 atom stereocenters. The van der Waals surface area contributed by atoms with Crippen LogP contribution >= 0.6 is 15.9 Å². The van der Waals surface area contributed by atoms with E-state index in [2.05, 4.69) is 31.3 Å². The van der Waals surface area contributed by atoms with E-state index in [1.807, 2.05) is 13.8 Å². The highest BCUT2D eigenvalue weighted by molar-refractivity contribution is 9.10. The lowest BCUT2D eigenvalue weighted by Crippen LogP contribution is -2.25. The molecule has 0 radical (unpaired) electrons. The predicted molar refractivity (Wildman–Crippen MR) is 82.2 cm³/mol. The number of aryl methyl sites for hydroxylation is 2. The van der Waals surface area contributed by atoms with Crippen LogP contribution in [0.25, 0.3) is 0 Å². The van der Waals surface area contributed by atoms with Crippen LogP contribution in [0.4, 0.5) is 5.69 Å². The molecule has 0 amide bonds. The summed E-state index contributed by atoms with van der Waals surface area (Å²) in [6.07, 6.45) is 4.04. The van der Waals surface area contributed by atoms with Crippen molar-refractivity contribution in [2.45, 2.75) is 39.8 Å². The molecule has 0 unspecified atom stereocenters. The molecule has 21 heavy (non-hydrogen) atoms. The lowest BCUT2D eigenvalue weighted by Gasteiger charge is -2.09. The number of nitrogens with zero attached hydrogens (tertiary/aromatic N) is 3. The van der Waals surface area contributed by atoms with E-state index in [-0.39, 0.29) is 5.56 Å². The summed E-state index contributed by atoms with van der Waals surface area (Å²) in [7, 11) is 0. The number of anilines is 1. The van der Waals surface area contributed by atoms with Gasteiger partial charge in [0.15, 0.2) is 0 Å². The van der Waals surface area contributed by atoms with Crippen LogP contribution in [0.3, 0.4) is 0 Å². The normalized spacial score (nSPS) is 14.4. The maximum Gasteiger partial charge on any atom is 0.283 e. The van der Waals surface area contributed by atoms with E-state index in [4.69, 9.17) is 4.42 Å². The SMILES string of the molecule is Cc1nc(CNc2cnn(CC3CC3)c(=O)c2Br)oc1C. The van der Waals surface area contributed by atoms with Crippen molar-refractivity contribution >= 4 is 21.6 Å². The zero-order valence-electron chi connectivity index (χ0n) is 12.0. The Bertz CT molecular complexity index is 699. The van der Waals surface area contributed by atoms with Crippen LogP contribution in [0.2, 0.25) is 0 Å². The molecule has 1 fully saturated rings. The van der Waals surface area contributed by atoms with Crippen LogP contribution in [-0.2, 0) is 13.1 Å². The number of halogens is 1. The van der Waals surface area contributed by atoms with Crippen LogP contribution in [0.1, 0.15) is 30.2 Å². The van der Waals surface area contributed by atoms with Gasteiger partial charge in [0.2, 0.25) is 5.89 Å². The van der Waals surface area contributed by atoms with E-state index in [0.717, 1.165) is 11.5 Å². The third-order valence-corrected chi connectivity index (χ3v) is 4.38. The van der Waals surface area contributed by atoms with E-state index in [1.54, 1.807) is 6.20 Å². The lowest BCUT2D eigenvalue weighted by molar-refractivity contribution is 0.478. The molecule has 1 aliphatic carbocycles. The fourth-order valence-electron chi connectivity index (χ4n) is 2.05. The highest BCUT2D eigenvalue weighted by Crippen LogP contribution is 2.30. The molecule has 0 aromatic carbocycles. The van der Waals surface area contributed by atoms with Crippen molar-refractivity contribution in [1.29, 1.82) is 0 Å². The van der Waals surface area contributed by atoms with Crippen molar-refractivity contribution < 1.29 is 4.42 Å². The molecular weight excluding hydrogens is 336 g/mol. The Morgan fingerprint density at radius 3 is 2.86 bits per heavy atom. The van der Waals surface area contributed by atoms with Crippen molar-refractivity contribution in [3.63, 3.8) is 0 Å². The number of oxazole rings is 1. The molecular formula is C14H17BrN4O2. The fourth-order valence-corrected chi connectivity index (χ4v) is 2.50. The molecule has 2 aromatic rings. The first-order chi connectivity index (χ1) is 10.0. The Morgan fingerprint density at radius 1 is 1.48 bits per heavy atom. The maximum atomic E-state index is 12.2. The Morgan fingerprint density at radius 2 is 2.24 bits per heavy atom. The third-order valence-electron chi connectivity index (χ3n) is 3.62. The number of aromatic nitrogens is 3. The maximum absolute atomic E-state index is 12.2. The third kappa shape index (κ3) is 3.18. The molecule has 0 saturated heterocycles. The monoisotopic (exact) mass is 352 g/mol. The van der Waals surface area contributed by atoms with E-state index < -0.39 is 0 Å². The van der Waals surface area contributed by atoms with Crippen LogP contribution in [0.5, 0.6) is 0 Å². The van der Waals surface area contributed by atoms with E-state index in [1.165, 1.54) is 17.5 Å². The number of nitrogens with one attached hydrogen (secondary N) is 1. The molecule has 0 spiro atoms. The van der Waals surface area contributed by atoms with Gasteiger partial charge < -0.3 is 9.73 Å². The van der Waals surface area contributed by atoms with Gasteiger partial charge in [0.1, 0.15) is 10.2 Å². The summed E-state index contributed by atoms with van der Waals surface area (Å²) in [5.74, 6) is 2.02. The highest BCUT2D eigenvalue weighted by atomic mass is 79.9. The largest absolute Gasteiger partial charge is 0.444 e. The van der Waals surface area contributed by atoms with Crippen LogP contribution in [-0.4, -0.2) is 14.8 Å². The van der Waals surface area contributed by atoms with Crippen molar-refractivity contribution in [2.75, 3.05) is 5.32 Å². The summed E-state index contributed by atoms with van der Waals surface area (Å²) in [5.41, 5.74) is 1.43. The molecule has 0 bridgehead atoms. The van der Waals surface area contributed by atoms with E-state index in [0.29, 0.717) is 35.1 Å². The number of hydrogen-bond donors (Lipinski definition) is 1. The zero-order chi connectivity index (χ0) is 15.0. The topological polar surface area (TPSA) is 73.0 Å². The fraction of sp³-hybridized carbons (Fsp3) is 0.500. The van der Waals surface area contributed by atoms with Crippen molar-refractivity contribution in [3.05, 3.63) is 38.4 Å². The second kappa shape index (κ2) is 5.63. The minimum atomic E-state index is -0.105. The zero-order valence-corrected chi connectivity index (χ0v) is 13.6. The second-order valence-corrected chi connectivity index (χ2v) is 6.20. The van der Waals surface area contributed by atoms with Gasteiger partial charge >= 0.3 is 0 Å². The van der Waals surface area contributed by atoms with Crippen LogP contribution in [0.15, 0.2) is 19.9 Å². The van der Waals surface area contributed by atoms with Gasteiger partial charge in [0.05, 0.1) is 24.1 Å². The van der Waals surface area contributed by atoms with E-state index >= 15 is 0 Å². The van der Waals surface area contributed by atoms with Crippen LogP contribution < -0.4 is 10.9 Å². The summed E-state index contributed by atoms with van der Waals surface area (Å²) in [5, 5.41) is 7.34. The average Bonchev–Trinajstić information content (AvgIpc) is 3.21. The van der Waals surface area contributed by atoms with Crippen molar-refractivity contribution in [1.82, 2.24) is 14.8 Å². The molecule has 0 aliphatic heterocycles. The van der Waals surface area contributed by atoms with Gasteiger partial charge in [-0.3, -0.25) is 4.79 Å². The molecule has 1 N–H and O–H groups in total. The minimum Gasteiger partial charge on any atom is -0.444 e. The Hall–Kier alpha value is -1.63. The van der Waals surface area contributed by atoms with Gasteiger partial charge in [-0.05, 0) is 48.5 Å². The van der Waals surface area contributed by atoms with Gasteiger partial charge in [-0.25, -0.2) is 9.67 Å². The molecule has 1 saturated carbocycles. The predicted octanol–water partition coefficient (Wildman–Crippen LogP) is 2.63. The second-order valence-electron chi connectivity index (χ2n) is 5.41. The van der Waals surface area contributed by atoms with E-state index in [9.17, 15) is 4.79 Å². The molecule has 112 valence electrons. The summed E-state index contributed by atoms with van der Waals surface area (Å²) in [6.45, 7) is 4.90. The van der Waals surface area contributed by atoms with Crippen LogP contribution in [0, 0.1) is 19.8 Å². The summed E-state index contributed by atoms with van der Waals surface area (Å²) in [4.78, 5) is 16.5. The number of rotatable bonds is 5. The van der Waals surface area contributed by atoms with Gasteiger partial charge in [-0.1, -0.05) is 0 Å². The molecule has 3 rings (SSSR count). The minimum absolute atomic E-state index is 0.105. The molecule has 6 nitrogen and oxygen atoms in total. The van der Waals surface area contributed by atoms with Gasteiger partial charge in [-0.15, -0.1) is 0 Å². The first-order valence-corrected chi connectivity index (χ1v) is 7.76. The summed E-state index contributed by atoms with van der Waals surface area (Å²) >= 11 is 3.35. The quantitative estimate of drug-likeness (QED) is 0.895. The standard InChI is InChI=1S/C14H17BrN4O2/c1-8-9(2)21-12(18-8)6-16-11-5-17-19(7-10-3-4-10)14(20)13(11)15/h5,10,16H,3-4,6-7H2,1-2H3. The Balaban J connectivity index is 1.73. The van der Waals surface area contributed by atoms with Gasteiger partial charge in [0, 0.05) is 6.54 Å². The smallest absolute Gasteiger partial charge is 0.283 e. The van der Waals surface area contributed by atoms with Crippen molar-refractivity contribution in [3.8, 4) is 0 Å². The lowest BCUT2D eigenvalue weighted by atomic mass is 10.4. The number of hydrogen-bond acceptors (Lipinski definition) is 5. The Labute approximate surface area is 130 Å². The average molecular weight is 353 g/mol. The van der Waals surface area contributed by atoms with Gasteiger partial charge in [-0.2, -0.15) is 5.10 Å².